The van der Waals surface area contributed by atoms with E-state index in [1.54, 1.807) is 5.57 Å². The molecule has 4 rings (SSSR count). The molecule has 4 aliphatic rings. The Labute approximate surface area is 216 Å². The van der Waals surface area contributed by atoms with Gasteiger partial charge in [0.15, 0.2) is 0 Å². The van der Waals surface area contributed by atoms with Gasteiger partial charge in [0, 0.05) is 18.0 Å². The number of carbonyl (C=O) groups is 1. The van der Waals surface area contributed by atoms with Gasteiger partial charge in [0.25, 0.3) is 0 Å². The van der Waals surface area contributed by atoms with Gasteiger partial charge in [0.2, 0.25) is 0 Å². The molecular weight excluding hydrogens is 460 g/mol. The van der Waals surface area contributed by atoms with E-state index in [-0.39, 0.29) is 6.10 Å². The monoisotopic (exact) mass is 508 g/mol. The molecule has 0 radical (unpaired) electrons. The fourth-order valence-corrected chi connectivity index (χ4v) is 14.8. The first-order valence-corrected chi connectivity index (χ1v) is 16.3. The van der Waals surface area contributed by atoms with Gasteiger partial charge in [0.05, 0.1) is 0 Å². The highest BCUT2D eigenvalue weighted by Crippen LogP contribution is 2.77. The maximum atomic E-state index is 11.3. The van der Waals surface area contributed by atoms with Crippen molar-refractivity contribution >= 4 is 27.1 Å². The molecule has 0 aromatic carbocycles. The summed E-state index contributed by atoms with van der Waals surface area (Å²) in [4.78, 5) is 11.3. The smallest absolute Gasteiger partial charge is 0.404 e. The van der Waals surface area contributed by atoms with Gasteiger partial charge in [-0.2, -0.15) is 0 Å². The summed E-state index contributed by atoms with van der Waals surface area (Å²) in [6, 6.07) is 0. The standard InChI is InChI=1S/C28H47ClO2S.C2H2/c1-19(2)8-7-9-20(3)23-10-11-24-28(23,5)16-13-25-27(4)15-12-22(31-26(29)30)18-21(27)14-17-32(24,25)6;1-2/h14,19-20,22-25H,7-13,15-18H2,1-6H3;1-2H/t20-,22?,23?,24?,25?,27?,28?;/m1./s1. The van der Waals surface area contributed by atoms with Crippen molar-refractivity contribution in [1.82, 2.24) is 0 Å². The maximum Gasteiger partial charge on any atom is 0.404 e. The highest BCUT2D eigenvalue weighted by Gasteiger charge is 2.62. The second kappa shape index (κ2) is 10.8. The Morgan fingerprint density at radius 1 is 1.12 bits per heavy atom. The lowest BCUT2D eigenvalue weighted by Gasteiger charge is -2.66. The van der Waals surface area contributed by atoms with Crippen molar-refractivity contribution in [2.45, 2.75) is 115 Å². The van der Waals surface area contributed by atoms with Crippen LogP contribution in [0.2, 0.25) is 0 Å². The summed E-state index contributed by atoms with van der Waals surface area (Å²) in [5, 5.41) is 1.77. The lowest BCUT2D eigenvalue weighted by molar-refractivity contribution is 0.0771. The van der Waals surface area contributed by atoms with Gasteiger partial charge in [-0.05, 0) is 89.6 Å². The summed E-state index contributed by atoms with van der Waals surface area (Å²) in [6.45, 7) is 12.5. The van der Waals surface area contributed by atoms with Crippen LogP contribution in [-0.4, -0.2) is 34.0 Å². The molecular formula is C30H49ClO2S. The molecule has 1 saturated heterocycles. The highest BCUT2D eigenvalue weighted by atomic mass is 35.5. The molecule has 0 spiro atoms. The number of ether oxygens (including phenoxy) is 1. The predicted octanol–water partition coefficient (Wildman–Crippen LogP) is 8.95. The number of hydrogen-bond acceptors (Lipinski definition) is 2. The first-order chi connectivity index (χ1) is 16.0. The van der Waals surface area contributed by atoms with E-state index in [0.29, 0.717) is 10.8 Å². The van der Waals surface area contributed by atoms with Gasteiger partial charge in [-0.1, -0.05) is 65.5 Å². The molecule has 0 bridgehead atoms. The minimum absolute atomic E-state index is 0.0184. The van der Waals surface area contributed by atoms with Crippen LogP contribution in [0.5, 0.6) is 0 Å². The number of rotatable bonds is 6. The quantitative estimate of drug-likeness (QED) is 0.203. The molecule has 7 unspecified atom stereocenters. The zero-order valence-corrected chi connectivity index (χ0v) is 24.1. The zero-order chi connectivity index (χ0) is 25.3. The largest absolute Gasteiger partial charge is 0.450 e. The number of carbonyl (C=O) groups excluding carboxylic acids is 1. The number of terminal acetylenes is 1. The Balaban J connectivity index is 0.00000158. The van der Waals surface area contributed by atoms with Gasteiger partial charge in [0.1, 0.15) is 6.10 Å². The predicted molar refractivity (Wildman–Crippen MR) is 150 cm³/mol. The lowest BCUT2D eigenvalue weighted by atomic mass is 9.64. The van der Waals surface area contributed by atoms with E-state index in [1.807, 2.05) is 0 Å². The Morgan fingerprint density at radius 3 is 2.47 bits per heavy atom. The van der Waals surface area contributed by atoms with E-state index in [9.17, 15) is 4.79 Å². The van der Waals surface area contributed by atoms with Crippen molar-refractivity contribution in [3.63, 3.8) is 0 Å². The molecule has 2 saturated carbocycles. The highest BCUT2D eigenvalue weighted by molar-refractivity contribution is 8.34. The average molecular weight is 509 g/mol. The first kappa shape index (κ1) is 28.0. The van der Waals surface area contributed by atoms with Gasteiger partial charge < -0.3 is 4.74 Å². The van der Waals surface area contributed by atoms with Gasteiger partial charge >= 0.3 is 5.43 Å². The van der Waals surface area contributed by atoms with Crippen molar-refractivity contribution < 1.29 is 9.53 Å². The minimum Gasteiger partial charge on any atom is -0.450 e. The third-order valence-electron chi connectivity index (χ3n) is 10.5. The molecule has 3 fully saturated rings. The maximum absolute atomic E-state index is 11.3. The van der Waals surface area contributed by atoms with Crippen molar-refractivity contribution in [3.8, 4) is 12.8 Å². The number of fused-ring (bicyclic) bond motifs is 5. The Bertz CT molecular complexity index is 790. The minimum atomic E-state index is -0.698. The first-order valence-electron chi connectivity index (χ1n) is 13.6. The second-order valence-corrected chi connectivity index (χ2v) is 17.0. The summed E-state index contributed by atoms with van der Waals surface area (Å²) < 4.78 is 5.41. The molecule has 2 aliphatic heterocycles. The third-order valence-corrected chi connectivity index (χ3v) is 15.6. The van der Waals surface area contributed by atoms with Crippen LogP contribution in [0.15, 0.2) is 11.6 Å². The van der Waals surface area contributed by atoms with Crippen LogP contribution < -0.4 is 0 Å². The van der Waals surface area contributed by atoms with Gasteiger partial charge in [-0.25, -0.2) is 14.8 Å². The second-order valence-electron chi connectivity index (χ2n) is 12.8. The molecule has 2 aliphatic carbocycles. The summed E-state index contributed by atoms with van der Waals surface area (Å²) >= 11 is 5.54. The van der Waals surface area contributed by atoms with Crippen LogP contribution in [0.4, 0.5) is 4.79 Å². The summed E-state index contributed by atoms with van der Waals surface area (Å²) in [5.41, 5.74) is 1.78. The summed E-state index contributed by atoms with van der Waals surface area (Å²) in [6.07, 6.45) is 26.3. The van der Waals surface area contributed by atoms with Crippen molar-refractivity contribution in [1.29, 1.82) is 0 Å². The third kappa shape index (κ3) is 4.98. The van der Waals surface area contributed by atoms with Gasteiger partial charge in [-0.15, -0.1) is 12.8 Å². The van der Waals surface area contributed by atoms with Crippen LogP contribution in [0.25, 0.3) is 0 Å². The summed E-state index contributed by atoms with van der Waals surface area (Å²) in [5.74, 6) is 3.91. The van der Waals surface area contributed by atoms with Gasteiger partial charge in [-0.3, -0.25) is 0 Å². The molecule has 4 heteroatoms. The lowest BCUT2D eigenvalue weighted by Crippen LogP contribution is -2.54. The molecule has 8 atom stereocenters. The van der Waals surface area contributed by atoms with E-state index in [1.165, 1.54) is 50.7 Å². The van der Waals surface area contributed by atoms with Crippen molar-refractivity contribution in [3.05, 3.63) is 11.6 Å². The molecule has 34 heavy (non-hydrogen) atoms. The van der Waals surface area contributed by atoms with Crippen LogP contribution in [0, 0.1) is 41.4 Å². The van der Waals surface area contributed by atoms with Crippen LogP contribution in [0.1, 0.15) is 98.8 Å². The van der Waals surface area contributed by atoms with E-state index in [4.69, 9.17) is 16.3 Å². The van der Waals surface area contributed by atoms with Crippen LogP contribution >= 0.6 is 21.6 Å². The van der Waals surface area contributed by atoms with E-state index in [2.05, 4.69) is 59.8 Å². The fraction of sp³-hybridized carbons (Fsp3) is 0.833. The molecule has 0 aromatic rings. The molecule has 2 heterocycles. The molecule has 0 aromatic heterocycles. The zero-order valence-electron chi connectivity index (χ0n) is 22.6. The van der Waals surface area contributed by atoms with E-state index < -0.39 is 15.5 Å². The van der Waals surface area contributed by atoms with Crippen LogP contribution in [0.3, 0.4) is 0 Å². The van der Waals surface area contributed by atoms with Crippen LogP contribution in [-0.2, 0) is 4.74 Å². The normalized spacial score (nSPS) is 43.6. The van der Waals surface area contributed by atoms with Crippen molar-refractivity contribution in [2.24, 2.45) is 28.6 Å². The molecule has 0 amide bonds. The number of hydrogen-bond donors (Lipinski definition) is 0. The topological polar surface area (TPSA) is 26.3 Å². The number of halogens is 1. The Morgan fingerprint density at radius 2 is 1.82 bits per heavy atom. The van der Waals surface area contributed by atoms with Crippen molar-refractivity contribution in [2.75, 3.05) is 12.0 Å². The molecule has 0 N–H and O–H groups in total. The summed E-state index contributed by atoms with van der Waals surface area (Å²) in [7, 11) is -0.698. The SMILES string of the molecule is C#C.CC(C)CCC[C@@H](C)C1CCC2C1(C)CCC1C3(C)CCC(OC(=O)Cl)CC3=CCS12C. The fourth-order valence-electron chi connectivity index (χ4n) is 8.90. The average Bonchev–Trinajstić information content (AvgIpc) is 3.13. The Hall–Kier alpha value is -0.590. The van der Waals surface area contributed by atoms with E-state index >= 15 is 0 Å². The molecule has 2 nitrogen and oxygen atoms in total. The Kier molecular flexibility index (Phi) is 8.89. The molecule has 194 valence electrons. The van der Waals surface area contributed by atoms with E-state index in [0.717, 1.165) is 47.5 Å².